The van der Waals surface area contributed by atoms with Crippen molar-refractivity contribution in [2.75, 3.05) is 0 Å². The summed E-state index contributed by atoms with van der Waals surface area (Å²) < 4.78 is 15.1. The Bertz CT molecular complexity index is 549. The SMILES string of the molecule is CC(C)(C)[S@](=O)N[C@H]1CCCc2c(C(=O)O)cccc21. The van der Waals surface area contributed by atoms with Crippen LogP contribution >= 0.6 is 0 Å². The Morgan fingerprint density at radius 2 is 2.10 bits per heavy atom. The summed E-state index contributed by atoms with van der Waals surface area (Å²) in [6.07, 6.45) is 2.58. The van der Waals surface area contributed by atoms with Crippen LogP contribution in [0.25, 0.3) is 0 Å². The van der Waals surface area contributed by atoms with Crippen LogP contribution in [0.4, 0.5) is 0 Å². The average Bonchev–Trinajstić information content (AvgIpc) is 2.37. The molecule has 2 N–H and O–H groups in total. The maximum absolute atomic E-state index is 12.2. The van der Waals surface area contributed by atoms with Crippen LogP contribution in [0.1, 0.15) is 61.1 Å². The highest BCUT2D eigenvalue weighted by atomic mass is 32.2. The third-order valence-corrected chi connectivity index (χ3v) is 5.15. The van der Waals surface area contributed by atoms with Crippen molar-refractivity contribution in [3.8, 4) is 0 Å². The maximum atomic E-state index is 12.2. The van der Waals surface area contributed by atoms with E-state index in [1.165, 1.54) is 0 Å². The minimum absolute atomic E-state index is 0.0295. The van der Waals surface area contributed by atoms with E-state index in [1.54, 1.807) is 12.1 Å². The van der Waals surface area contributed by atoms with Gasteiger partial charge in [-0.25, -0.2) is 13.7 Å². The van der Waals surface area contributed by atoms with Crippen molar-refractivity contribution in [2.24, 2.45) is 0 Å². The number of carbonyl (C=O) groups is 1. The van der Waals surface area contributed by atoms with Gasteiger partial charge in [-0.1, -0.05) is 12.1 Å². The molecule has 0 bridgehead atoms. The van der Waals surface area contributed by atoms with Gasteiger partial charge in [-0.3, -0.25) is 0 Å². The first kappa shape index (κ1) is 15.2. The fraction of sp³-hybridized carbons (Fsp3) is 0.533. The molecule has 0 amide bonds. The number of carboxylic acid groups (broad SMARTS) is 1. The summed E-state index contributed by atoms with van der Waals surface area (Å²) >= 11 is 0. The molecule has 2 atom stereocenters. The Morgan fingerprint density at radius 1 is 1.40 bits per heavy atom. The molecular weight excluding hydrogens is 274 g/mol. The molecule has 20 heavy (non-hydrogen) atoms. The van der Waals surface area contributed by atoms with Crippen molar-refractivity contribution in [1.82, 2.24) is 4.72 Å². The van der Waals surface area contributed by atoms with E-state index in [-0.39, 0.29) is 10.8 Å². The molecular formula is C15H21NO3S. The van der Waals surface area contributed by atoms with Gasteiger partial charge in [-0.05, 0) is 57.2 Å². The molecule has 1 aliphatic carbocycles. The molecule has 0 saturated carbocycles. The molecule has 0 radical (unpaired) electrons. The molecule has 0 unspecified atom stereocenters. The zero-order valence-corrected chi connectivity index (χ0v) is 12.9. The molecule has 0 heterocycles. The van der Waals surface area contributed by atoms with Gasteiger partial charge in [0.15, 0.2) is 0 Å². The monoisotopic (exact) mass is 295 g/mol. The third-order valence-electron chi connectivity index (χ3n) is 3.54. The maximum Gasteiger partial charge on any atom is 0.335 e. The quantitative estimate of drug-likeness (QED) is 0.901. The van der Waals surface area contributed by atoms with Crippen LogP contribution in [0.5, 0.6) is 0 Å². The van der Waals surface area contributed by atoms with Crippen molar-refractivity contribution in [2.45, 2.75) is 50.8 Å². The Balaban J connectivity index is 2.32. The second kappa shape index (κ2) is 5.66. The van der Waals surface area contributed by atoms with Gasteiger partial charge >= 0.3 is 5.97 Å². The van der Waals surface area contributed by atoms with Gasteiger partial charge in [0.25, 0.3) is 0 Å². The summed E-state index contributed by atoms with van der Waals surface area (Å²) in [5.74, 6) is -0.889. The smallest absolute Gasteiger partial charge is 0.335 e. The van der Waals surface area contributed by atoms with Crippen LogP contribution in [0.2, 0.25) is 0 Å². The topological polar surface area (TPSA) is 66.4 Å². The van der Waals surface area contributed by atoms with Gasteiger partial charge in [0.05, 0.1) is 21.3 Å². The highest BCUT2D eigenvalue weighted by molar-refractivity contribution is 7.84. The van der Waals surface area contributed by atoms with Gasteiger partial charge in [-0.15, -0.1) is 0 Å². The minimum atomic E-state index is -1.16. The standard InChI is InChI=1S/C15H21NO3S/c1-15(2,3)20(19)16-13-9-5-6-10-11(13)7-4-8-12(10)14(17)18/h4,7-8,13,16H,5-6,9H2,1-3H3,(H,17,18)/t13-,20-/m0/s1. The Kier molecular flexibility index (Phi) is 4.30. The van der Waals surface area contributed by atoms with Gasteiger partial charge in [-0.2, -0.15) is 0 Å². The summed E-state index contributed by atoms with van der Waals surface area (Å²) in [7, 11) is -1.16. The van der Waals surface area contributed by atoms with Crippen LogP contribution < -0.4 is 4.72 Å². The molecule has 0 aromatic heterocycles. The van der Waals surface area contributed by atoms with Crippen LogP contribution in [0, 0.1) is 0 Å². The lowest BCUT2D eigenvalue weighted by atomic mass is 9.85. The van der Waals surface area contributed by atoms with E-state index in [4.69, 9.17) is 0 Å². The number of rotatable bonds is 3. The molecule has 0 fully saturated rings. The number of carboxylic acids is 1. The average molecular weight is 295 g/mol. The first-order chi connectivity index (χ1) is 9.30. The van der Waals surface area contributed by atoms with Crippen LogP contribution in [0.15, 0.2) is 18.2 Å². The minimum Gasteiger partial charge on any atom is -0.478 e. The van der Waals surface area contributed by atoms with Gasteiger partial charge in [0, 0.05) is 6.04 Å². The number of hydrogen-bond donors (Lipinski definition) is 2. The van der Waals surface area contributed by atoms with Crippen molar-refractivity contribution < 1.29 is 14.1 Å². The van der Waals surface area contributed by atoms with E-state index in [1.807, 2.05) is 26.8 Å². The first-order valence-electron chi connectivity index (χ1n) is 6.84. The predicted molar refractivity (Wildman–Crippen MR) is 80.1 cm³/mol. The van der Waals surface area contributed by atoms with Crippen LogP contribution in [-0.4, -0.2) is 20.0 Å². The summed E-state index contributed by atoms with van der Waals surface area (Å²) in [6.45, 7) is 5.77. The molecule has 1 aromatic carbocycles. The molecule has 4 nitrogen and oxygen atoms in total. The molecule has 0 spiro atoms. The Hall–Kier alpha value is -1.20. The zero-order valence-electron chi connectivity index (χ0n) is 12.1. The molecule has 2 rings (SSSR count). The van der Waals surface area contributed by atoms with E-state index < -0.39 is 17.0 Å². The van der Waals surface area contributed by atoms with Crippen molar-refractivity contribution in [3.05, 3.63) is 34.9 Å². The fourth-order valence-electron chi connectivity index (χ4n) is 2.48. The molecule has 0 aliphatic heterocycles. The van der Waals surface area contributed by atoms with Gasteiger partial charge in [0.1, 0.15) is 0 Å². The van der Waals surface area contributed by atoms with Crippen molar-refractivity contribution in [3.63, 3.8) is 0 Å². The number of benzene rings is 1. The van der Waals surface area contributed by atoms with Gasteiger partial charge < -0.3 is 5.11 Å². The summed E-state index contributed by atoms with van der Waals surface area (Å²) in [5, 5.41) is 9.26. The second-order valence-corrected chi connectivity index (χ2v) is 8.12. The van der Waals surface area contributed by atoms with E-state index in [2.05, 4.69) is 4.72 Å². The normalized spacial score (nSPS) is 20.2. The Morgan fingerprint density at radius 3 is 2.70 bits per heavy atom. The van der Waals surface area contributed by atoms with E-state index in [0.29, 0.717) is 5.56 Å². The Labute approximate surface area is 122 Å². The summed E-state index contributed by atoms with van der Waals surface area (Å²) in [6, 6.07) is 5.32. The number of fused-ring (bicyclic) bond motifs is 1. The first-order valence-corrected chi connectivity index (χ1v) is 7.99. The second-order valence-electron chi connectivity index (χ2n) is 6.12. The highest BCUT2D eigenvalue weighted by Crippen LogP contribution is 2.32. The van der Waals surface area contributed by atoms with E-state index in [9.17, 15) is 14.1 Å². The summed E-state index contributed by atoms with van der Waals surface area (Å²) in [4.78, 5) is 11.3. The van der Waals surface area contributed by atoms with Crippen molar-refractivity contribution >= 4 is 17.0 Å². The lowest BCUT2D eigenvalue weighted by Gasteiger charge is -2.29. The predicted octanol–water partition coefficient (Wildman–Crippen LogP) is 2.81. The fourth-order valence-corrected chi connectivity index (χ4v) is 3.33. The van der Waals surface area contributed by atoms with E-state index in [0.717, 1.165) is 30.4 Å². The van der Waals surface area contributed by atoms with Crippen molar-refractivity contribution in [1.29, 1.82) is 0 Å². The lowest BCUT2D eigenvalue weighted by molar-refractivity contribution is 0.0695. The number of aromatic carboxylic acids is 1. The third kappa shape index (κ3) is 3.10. The van der Waals surface area contributed by atoms with Crippen LogP contribution in [-0.2, 0) is 17.4 Å². The van der Waals surface area contributed by atoms with Crippen LogP contribution in [0.3, 0.4) is 0 Å². The van der Waals surface area contributed by atoms with Gasteiger partial charge in [0.2, 0.25) is 0 Å². The largest absolute Gasteiger partial charge is 0.478 e. The molecule has 1 aliphatic rings. The lowest BCUT2D eigenvalue weighted by Crippen LogP contribution is -2.37. The molecule has 110 valence electrons. The van der Waals surface area contributed by atoms with E-state index >= 15 is 0 Å². The highest BCUT2D eigenvalue weighted by Gasteiger charge is 2.28. The summed E-state index contributed by atoms with van der Waals surface area (Å²) in [5.41, 5.74) is 2.24. The number of hydrogen-bond acceptors (Lipinski definition) is 2. The molecule has 0 saturated heterocycles. The zero-order chi connectivity index (χ0) is 14.9. The molecule has 1 aromatic rings. The molecule has 5 heteroatoms. The number of nitrogens with one attached hydrogen (secondary N) is 1.